The lowest BCUT2D eigenvalue weighted by atomic mass is 10.1. The van der Waals surface area contributed by atoms with Gasteiger partial charge >= 0.3 is 6.18 Å². The normalized spacial score (nSPS) is 13.0. The lowest BCUT2D eigenvalue weighted by molar-refractivity contribution is -0.154. The number of hydrogen-bond acceptors (Lipinski definition) is 4. The minimum Gasteiger partial charge on any atom is -0.496 e. The predicted octanol–water partition coefficient (Wildman–Crippen LogP) is 3.71. The van der Waals surface area contributed by atoms with Gasteiger partial charge in [0.15, 0.2) is 0 Å². The largest absolute Gasteiger partial charge is 0.496 e. The van der Waals surface area contributed by atoms with Crippen LogP contribution >= 0.6 is 11.6 Å². The van der Waals surface area contributed by atoms with Crippen molar-refractivity contribution >= 4 is 11.6 Å². The van der Waals surface area contributed by atoms with E-state index in [4.69, 9.17) is 16.3 Å². The van der Waals surface area contributed by atoms with Crippen LogP contribution < -0.4 is 4.74 Å². The van der Waals surface area contributed by atoms with E-state index in [1.165, 1.54) is 22.7 Å². The van der Waals surface area contributed by atoms with E-state index >= 15 is 0 Å². The van der Waals surface area contributed by atoms with E-state index in [1.807, 2.05) is 0 Å². The summed E-state index contributed by atoms with van der Waals surface area (Å²) in [4.78, 5) is 0. The van der Waals surface area contributed by atoms with Crippen LogP contribution in [0.4, 0.5) is 13.2 Å². The fourth-order valence-corrected chi connectivity index (χ4v) is 2.94. The quantitative estimate of drug-likeness (QED) is 0.685. The average molecular weight is 401 g/mol. The predicted molar refractivity (Wildman–Crippen MR) is 93.0 cm³/mol. The Balaban J connectivity index is 2.10. The van der Waals surface area contributed by atoms with Crippen molar-refractivity contribution < 1.29 is 23.0 Å². The summed E-state index contributed by atoms with van der Waals surface area (Å²) in [5, 5.41) is 18.6. The smallest absolute Gasteiger partial charge is 0.391 e. The molecular formula is C17H16ClF3N4O2. The molecule has 3 aromatic rings. The van der Waals surface area contributed by atoms with E-state index in [1.54, 1.807) is 36.7 Å². The van der Waals surface area contributed by atoms with Gasteiger partial charge < -0.3 is 9.84 Å². The van der Waals surface area contributed by atoms with E-state index in [2.05, 4.69) is 10.2 Å². The zero-order valence-electron chi connectivity index (χ0n) is 14.2. The van der Waals surface area contributed by atoms with Crippen molar-refractivity contribution in [2.75, 3.05) is 7.11 Å². The number of ether oxygens (including phenoxy) is 1. The molecule has 144 valence electrons. The van der Waals surface area contributed by atoms with Gasteiger partial charge in [0.25, 0.3) is 0 Å². The lowest BCUT2D eigenvalue weighted by Crippen LogP contribution is -2.24. The maximum atomic E-state index is 12.6. The molecule has 6 nitrogen and oxygen atoms in total. The number of aliphatic hydroxyl groups excluding tert-OH is 1. The van der Waals surface area contributed by atoms with Crippen LogP contribution in [0.25, 0.3) is 16.9 Å². The van der Waals surface area contributed by atoms with Gasteiger partial charge in [0.05, 0.1) is 38.1 Å². The molecule has 0 aliphatic rings. The Morgan fingerprint density at radius 1 is 1.30 bits per heavy atom. The van der Waals surface area contributed by atoms with E-state index in [9.17, 15) is 18.3 Å². The van der Waals surface area contributed by atoms with Crippen molar-refractivity contribution in [1.29, 1.82) is 0 Å². The van der Waals surface area contributed by atoms with Crippen LogP contribution in [-0.4, -0.2) is 44.1 Å². The van der Waals surface area contributed by atoms with Crippen LogP contribution in [0.2, 0.25) is 5.02 Å². The minimum absolute atomic E-state index is 0.355. The zero-order valence-corrected chi connectivity index (χ0v) is 14.9. The molecule has 1 aromatic carbocycles. The Hall–Kier alpha value is -2.52. The second-order valence-corrected chi connectivity index (χ2v) is 6.27. The summed E-state index contributed by atoms with van der Waals surface area (Å²) in [7, 11) is 1.47. The first-order valence-corrected chi connectivity index (χ1v) is 8.31. The molecule has 27 heavy (non-hydrogen) atoms. The molecule has 0 spiro atoms. The Labute approximate surface area is 157 Å². The third-order valence-corrected chi connectivity index (χ3v) is 4.07. The topological polar surface area (TPSA) is 65.1 Å². The molecule has 0 radical (unpaired) electrons. The highest BCUT2D eigenvalue weighted by Gasteiger charge is 2.32. The Kier molecular flexibility index (Phi) is 5.43. The van der Waals surface area contributed by atoms with Gasteiger partial charge in [-0.3, -0.25) is 4.68 Å². The van der Waals surface area contributed by atoms with Gasteiger partial charge in [0.2, 0.25) is 0 Å². The zero-order chi connectivity index (χ0) is 19.6. The SMILES string of the molecule is COc1ccc(Cl)cc1-c1c(-n2cccn2)cnn1CC(O)CC(F)(F)F. The van der Waals surface area contributed by atoms with Gasteiger partial charge in [0, 0.05) is 23.0 Å². The molecule has 0 aliphatic heterocycles. The number of methoxy groups -OCH3 is 1. The highest BCUT2D eigenvalue weighted by Crippen LogP contribution is 2.36. The summed E-state index contributed by atoms with van der Waals surface area (Å²) in [5.41, 5.74) is 1.46. The van der Waals surface area contributed by atoms with E-state index in [0.717, 1.165) is 0 Å². The van der Waals surface area contributed by atoms with Crippen LogP contribution in [0.5, 0.6) is 5.75 Å². The van der Waals surface area contributed by atoms with Crippen molar-refractivity contribution in [2.24, 2.45) is 0 Å². The summed E-state index contributed by atoms with van der Waals surface area (Å²) in [6.45, 7) is -0.355. The first-order chi connectivity index (χ1) is 12.8. The number of benzene rings is 1. The number of aliphatic hydroxyl groups is 1. The molecule has 0 fully saturated rings. The fraction of sp³-hybridized carbons (Fsp3) is 0.294. The van der Waals surface area contributed by atoms with Gasteiger partial charge in [0.1, 0.15) is 11.4 Å². The number of rotatable bonds is 6. The Morgan fingerprint density at radius 2 is 2.07 bits per heavy atom. The van der Waals surface area contributed by atoms with Gasteiger partial charge in [-0.15, -0.1) is 0 Å². The molecule has 10 heteroatoms. The number of nitrogens with zero attached hydrogens (tertiary/aromatic N) is 4. The molecule has 0 amide bonds. The highest BCUT2D eigenvalue weighted by atomic mass is 35.5. The number of aromatic nitrogens is 4. The first kappa shape index (κ1) is 19.2. The second-order valence-electron chi connectivity index (χ2n) is 5.83. The lowest BCUT2D eigenvalue weighted by Gasteiger charge is -2.17. The number of alkyl halides is 3. The molecule has 3 rings (SSSR count). The molecule has 2 heterocycles. The maximum absolute atomic E-state index is 12.6. The van der Waals surface area contributed by atoms with Crippen LogP contribution in [0.15, 0.2) is 42.9 Å². The molecule has 0 aliphatic carbocycles. The van der Waals surface area contributed by atoms with Gasteiger partial charge in [-0.05, 0) is 24.3 Å². The fourth-order valence-electron chi connectivity index (χ4n) is 2.77. The van der Waals surface area contributed by atoms with E-state index in [-0.39, 0.29) is 6.54 Å². The van der Waals surface area contributed by atoms with Crippen molar-refractivity contribution in [2.45, 2.75) is 25.2 Å². The molecule has 0 saturated carbocycles. The van der Waals surface area contributed by atoms with E-state index in [0.29, 0.717) is 27.7 Å². The maximum Gasteiger partial charge on any atom is 0.391 e. The van der Waals surface area contributed by atoms with Crippen LogP contribution in [0, 0.1) is 0 Å². The second kappa shape index (κ2) is 7.61. The van der Waals surface area contributed by atoms with E-state index < -0.39 is 18.7 Å². The molecule has 0 bridgehead atoms. The molecule has 1 atom stereocenters. The summed E-state index contributed by atoms with van der Waals surface area (Å²) < 4.78 is 46.0. The van der Waals surface area contributed by atoms with Crippen LogP contribution in [0.1, 0.15) is 6.42 Å². The van der Waals surface area contributed by atoms with Crippen molar-refractivity contribution in [3.8, 4) is 22.7 Å². The van der Waals surface area contributed by atoms with Crippen LogP contribution in [-0.2, 0) is 6.54 Å². The highest BCUT2D eigenvalue weighted by molar-refractivity contribution is 6.31. The summed E-state index contributed by atoms with van der Waals surface area (Å²) in [6, 6.07) is 6.61. The third-order valence-electron chi connectivity index (χ3n) is 3.84. The Morgan fingerprint density at radius 3 is 2.70 bits per heavy atom. The summed E-state index contributed by atoms with van der Waals surface area (Å²) in [6.07, 6.45) is -2.77. The van der Waals surface area contributed by atoms with Crippen molar-refractivity contribution in [3.63, 3.8) is 0 Å². The summed E-state index contributed by atoms with van der Waals surface area (Å²) >= 11 is 6.11. The van der Waals surface area contributed by atoms with Gasteiger partial charge in [-0.25, -0.2) is 4.68 Å². The third kappa shape index (κ3) is 4.42. The molecule has 0 saturated heterocycles. The number of halogens is 4. The molecule has 1 N–H and O–H groups in total. The minimum atomic E-state index is -4.48. The summed E-state index contributed by atoms with van der Waals surface area (Å²) in [5.74, 6) is 0.458. The first-order valence-electron chi connectivity index (χ1n) is 7.93. The average Bonchev–Trinajstić information content (AvgIpc) is 3.22. The number of hydrogen-bond donors (Lipinski definition) is 1. The molecule has 1 unspecified atom stereocenters. The monoisotopic (exact) mass is 400 g/mol. The standard InChI is InChI=1S/C17H16ClF3N4O2/c1-27-15-4-3-11(18)7-13(15)16-14(24-6-2-5-22-24)9-23-25(16)10-12(26)8-17(19,20)21/h2-7,9,12,26H,8,10H2,1H3. The van der Waals surface area contributed by atoms with Crippen molar-refractivity contribution in [1.82, 2.24) is 19.6 Å². The van der Waals surface area contributed by atoms with Gasteiger partial charge in [-0.1, -0.05) is 11.6 Å². The van der Waals surface area contributed by atoms with Crippen LogP contribution in [0.3, 0.4) is 0 Å². The molecule has 2 aromatic heterocycles. The van der Waals surface area contributed by atoms with Gasteiger partial charge in [-0.2, -0.15) is 23.4 Å². The molecular weight excluding hydrogens is 385 g/mol. The Bertz CT molecular complexity index is 910. The van der Waals surface area contributed by atoms with Crippen molar-refractivity contribution in [3.05, 3.63) is 47.9 Å².